The largest absolute Gasteiger partial charge is 0.325 e. The van der Waals surface area contributed by atoms with Crippen molar-refractivity contribution in [2.45, 2.75) is 31.2 Å². The van der Waals surface area contributed by atoms with Crippen LogP contribution in [0.2, 0.25) is 0 Å². The number of benzene rings is 1. The predicted octanol–water partition coefficient (Wildman–Crippen LogP) is 2.80. The number of halogens is 1. The molecule has 0 unspecified atom stereocenters. The van der Waals surface area contributed by atoms with Gasteiger partial charge in [0, 0.05) is 23.3 Å². The molecule has 0 aliphatic heterocycles. The second kappa shape index (κ2) is 3.77. The van der Waals surface area contributed by atoms with Crippen molar-refractivity contribution in [3.63, 3.8) is 0 Å². The standard InChI is InChI=1S/C14H15FN2/c15-13-3-2-10-9-17-7-4-11(10)12(13)8-14(16)5-1-6-14/h2-4,7,9H,1,5-6,8,16H2. The first-order chi connectivity index (χ1) is 8.18. The Morgan fingerprint density at radius 1 is 1.29 bits per heavy atom. The summed E-state index contributed by atoms with van der Waals surface area (Å²) in [6.45, 7) is 0. The number of nitrogens with two attached hydrogens (primary N) is 1. The van der Waals surface area contributed by atoms with Gasteiger partial charge in [-0.3, -0.25) is 4.98 Å². The fourth-order valence-electron chi connectivity index (χ4n) is 2.55. The lowest BCUT2D eigenvalue weighted by Crippen LogP contribution is -2.48. The zero-order valence-electron chi connectivity index (χ0n) is 9.62. The minimum atomic E-state index is -0.196. The highest BCUT2D eigenvalue weighted by Crippen LogP contribution is 2.35. The van der Waals surface area contributed by atoms with Crippen molar-refractivity contribution in [1.29, 1.82) is 0 Å². The molecule has 1 aliphatic carbocycles. The fourth-order valence-corrected chi connectivity index (χ4v) is 2.55. The summed E-state index contributed by atoms with van der Waals surface area (Å²) in [5.74, 6) is -0.152. The molecule has 1 heterocycles. The van der Waals surface area contributed by atoms with E-state index in [9.17, 15) is 4.39 Å². The molecule has 1 aromatic carbocycles. The predicted molar refractivity (Wildman–Crippen MR) is 66.2 cm³/mol. The van der Waals surface area contributed by atoms with Crippen LogP contribution in [-0.4, -0.2) is 10.5 Å². The van der Waals surface area contributed by atoms with E-state index in [4.69, 9.17) is 5.73 Å². The monoisotopic (exact) mass is 230 g/mol. The molecule has 3 rings (SSSR count). The van der Waals surface area contributed by atoms with E-state index in [1.165, 1.54) is 6.07 Å². The molecule has 2 aromatic rings. The van der Waals surface area contributed by atoms with Gasteiger partial charge in [-0.25, -0.2) is 4.39 Å². The Morgan fingerprint density at radius 3 is 2.82 bits per heavy atom. The number of rotatable bonds is 2. The first-order valence-electron chi connectivity index (χ1n) is 5.98. The van der Waals surface area contributed by atoms with E-state index in [0.717, 1.165) is 35.6 Å². The van der Waals surface area contributed by atoms with Crippen molar-refractivity contribution in [3.8, 4) is 0 Å². The third kappa shape index (κ3) is 1.80. The highest BCUT2D eigenvalue weighted by Gasteiger charge is 2.33. The van der Waals surface area contributed by atoms with Crippen molar-refractivity contribution in [2.24, 2.45) is 5.73 Å². The second-order valence-corrected chi connectivity index (χ2v) is 5.02. The summed E-state index contributed by atoms with van der Waals surface area (Å²) in [6.07, 6.45) is 7.24. The van der Waals surface area contributed by atoms with Crippen molar-refractivity contribution >= 4 is 10.8 Å². The Morgan fingerprint density at radius 2 is 2.12 bits per heavy atom. The zero-order valence-corrected chi connectivity index (χ0v) is 9.62. The molecule has 0 bridgehead atoms. The Balaban J connectivity index is 2.10. The number of aromatic nitrogens is 1. The van der Waals surface area contributed by atoms with Gasteiger partial charge in [-0.05, 0) is 54.8 Å². The maximum atomic E-state index is 13.9. The minimum absolute atomic E-state index is 0.152. The minimum Gasteiger partial charge on any atom is -0.325 e. The molecule has 0 saturated heterocycles. The maximum absolute atomic E-state index is 13.9. The molecule has 17 heavy (non-hydrogen) atoms. The molecular formula is C14H15FN2. The first kappa shape index (κ1) is 10.7. The summed E-state index contributed by atoms with van der Waals surface area (Å²) in [6, 6.07) is 5.16. The second-order valence-electron chi connectivity index (χ2n) is 5.02. The molecule has 1 aliphatic rings. The van der Waals surface area contributed by atoms with Gasteiger partial charge in [0.2, 0.25) is 0 Å². The molecule has 0 amide bonds. The van der Waals surface area contributed by atoms with Gasteiger partial charge in [-0.15, -0.1) is 0 Å². The van der Waals surface area contributed by atoms with Crippen molar-refractivity contribution in [3.05, 3.63) is 42.0 Å². The van der Waals surface area contributed by atoms with Crippen LogP contribution in [-0.2, 0) is 6.42 Å². The summed E-state index contributed by atoms with van der Waals surface area (Å²) in [5.41, 5.74) is 6.76. The van der Waals surface area contributed by atoms with E-state index in [0.29, 0.717) is 6.42 Å². The molecule has 1 fully saturated rings. The van der Waals surface area contributed by atoms with E-state index in [1.54, 1.807) is 18.5 Å². The normalized spacial score (nSPS) is 18.0. The van der Waals surface area contributed by atoms with Crippen LogP contribution < -0.4 is 5.73 Å². The Kier molecular flexibility index (Phi) is 2.37. The molecular weight excluding hydrogens is 215 g/mol. The third-order valence-electron chi connectivity index (χ3n) is 3.75. The number of hydrogen-bond acceptors (Lipinski definition) is 2. The van der Waals surface area contributed by atoms with E-state index in [-0.39, 0.29) is 11.4 Å². The maximum Gasteiger partial charge on any atom is 0.127 e. The summed E-state index contributed by atoms with van der Waals surface area (Å²) >= 11 is 0. The van der Waals surface area contributed by atoms with Crippen LogP contribution in [0.15, 0.2) is 30.6 Å². The lowest BCUT2D eigenvalue weighted by Gasteiger charge is -2.38. The van der Waals surface area contributed by atoms with E-state index >= 15 is 0 Å². The molecule has 1 aromatic heterocycles. The molecule has 0 atom stereocenters. The van der Waals surface area contributed by atoms with Crippen molar-refractivity contribution in [2.75, 3.05) is 0 Å². The van der Waals surface area contributed by atoms with Gasteiger partial charge in [0.1, 0.15) is 5.82 Å². The molecule has 1 saturated carbocycles. The number of pyridine rings is 1. The van der Waals surface area contributed by atoms with Crippen LogP contribution in [0, 0.1) is 5.82 Å². The summed E-state index contributed by atoms with van der Waals surface area (Å²) in [7, 11) is 0. The van der Waals surface area contributed by atoms with Gasteiger partial charge in [-0.1, -0.05) is 0 Å². The highest BCUT2D eigenvalue weighted by atomic mass is 19.1. The molecule has 2 N–H and O–H groups in total. The number of fused-ring (bicyclic) bond motifs is 1. The summed E-state index contributed by atoms with van der Waals surface area (Å²) in [5, 5.41) is 1.92. The quantitative estimate of drug-likeness (QED) is 0.861. The first-order valence-corrected chi connectivity index (χ1v) is 5.98. The van der Waals surface area contributed by atoms with E-state index in [1.807, 2.05) is 6.07 Å². The molecule has 3 heteroatoms. The smallest absolute Gasteiger partial charge is 0.127 e. The van der Waals surface area contributed by atoms with Gasteiger partial charge in [0.05, 0.1) is 0 Å². The highest BCUT2D eigenvalue weighted by molar-refractivity contribution is 5.85. The summed E-state index contributed by atoms with van der Waals surface area (Å²) < 4.78 is 13.9. The van der Waals surface area contributed by atoms with Gasteiger partial charge < -0.3 is 5.73 Å². The average molecular weight is 230 g/mol. The third-order valence-corrected chi connectivity index (χ3v) is 3.75. The van der Waals surface area contributed by atoms with Gasteiger partial charge in [0.25, 0.3) is 0 Å². The van der Waals surface area contributed by atoms with Gasteiger partial charge in [0.15, 0.2) is 0 Å². The Bertz CT molecular complexity index is 561. The average Bonchev–Trinajstić information content (AvgIpc) is 2.31. The van der Waals surface area contributed by atoms with Crippen LogP contribution in [0.3, 0.4) is 0 Å². The number of nitrogens with zero attached hydrogens (tertiary/aromatic N) is 1. The van der Waals surface area contributed by atoms with E-state index < -0.39 is 0 Å². The Labute approximate surface area is 99.7 Å². The molecule has 2 nitrogen and oxygen atoms in total. The van der Waals surface area contributed by atoms with Crippen molar-refractivity contribution < 1.29 is 4.39 Å². The van der Waals surface area contributed by atoms with Crippen LogP contribution in [0.25, 0.3) is 10.8 Å². The fraction of sp³-hybridized carbons (Fsp3) is 0.357. The van der Waals surface area contributed by atoms with Crippen LogP contribution in [0.5, 0.6) is 0 Å². The number of hydrogen-bond donors (Lipinski definition) is 1. The SMILES string of the molecule is NC1(Cc2c(F)ccc3cnccc23)CCC1. The van der Waals surface area contributed by atoms with Crippen LogP contribution in [0.4, 0.5) is 4.39 Å². The lowest BCUT2D eigenvalue weighted by atomic mass is 9.73. The Hall–Kier alpha value is -1.48. The van der Waals surface area contributed by atoms with Crippen LogP contribution >= 0.6 is 0 Å². The summed E-state index contributed by atoms with van der Waals surface area (Å²) in [4.78, 5) is 4.06. The zero-order chi connectivity index (χ0) is 11.9. The van der Waals surface area contributed by atoms with E-state index in [2.05, 4.69) is 4.98 Å². The van der Waals surface area contributed by atoms with Crippen LogP contribution in [0.1, 0.15) is 24.8 Å². The van der Waals surface area contributed by atoms with Gasteiger partial charge in [-0.2, -0.15) is 0 Å². The van der Waals surface area contributed by atoms with Gasteiger partial charge >= 0.3 is 0 Å². The lowest BCUT2D eigenvalue weighted by molar-refractivity contribution is 0.246. The molecule has 0 spiro atoms. The van der Waals surface area contributed by atoms with Crippen molar-refractivity contribution in [1.82, 2.24) is 4.98 Å². The molecule has 0 radical (unpaired) electrons. The molecule has 88 valence electrons. The topological polar surface area (TPSA) is 38.9 Å².